The summed E-state index contributed by atoms with van der Waals surface area (Å²) in [6, 6.07) is 17.3. The number of carbonyl (C=O) groups excluding carboxylic acids is 1. The van der Waals surface area contributed by atoms with Gasteiger partial charge in [-0.25, -0.2) is 4.79 Å². The third-order valence-electron chi connectivity index (χ3n) is 8.80. The van der Waals surface area contributed by atoms with Crippen LogP contribution < -0.4 is 10.2 Å². The highest BCUT2D eigenvalue weighted by Gasteiger charge is 2.39. The maximum Gasteiger partial charge on any atom is 0.414 e. The first-order valence-corrected chi connectivity index (χ1v) is 16.2. The van der Waals surface area contributed by atoms with Crippen LogP contribution in [0.15, 0.2) is 95.4 Å². The molecular weight excluding hydrogens is 542 g/mol. The maximum atomic E-state index is 13.4. The fraction of sp³-hybridized carbons (Fsp3) is 0.462. The number of hydrogen-bond donors (Lipinski definition) is 1. The Kier molecular flexibility index (Phi) is 9.87. The van der Waals surface area contributed by atoms with Crippen molar-refractivity contribution in [1.29, 1.82) is 0 Å². The van der Waals surface area contributed by atoms with Crippen LogP contribution in [0, 0.1) is 0 Å². The molecule has 1 heterocycles. The minimum absolute atomic E-state index is 0.0541. The molecule has 0 unspecified atom stereocenters. The van der Waals surface area contributed by atoms with Crippen LogP contribution in [-0.2, 0) is 15.6 Å². The number of hydrogen-bond acceptors (Lipinski definition) is 4. The standard InChI is InChI=1S/C39H53N3O2/c1-11-40-32-21-15-13-19-30(32)38(6,7)27-17-18-28-23-24-29(35(28)41(10)36(43)44-37(3,4)5)25-26-34-39(8,9)31-20-14-16-22-33(31)42(34)12-2/h13-22,25-26,40H,11-12,23-24,27H2,1-10H3/b18-17+,29-25+,34-26+. The number of para-hydroxylation sites is 2. The Morgan fingerprint density at radius 1 is 1.00 bits per heavy atom. The van der Waals surface area contributed by atoms with Crippen molar-refractivity contribution >= 4 is 17.5 Å². The summed E-state index contributed by atoms with van der Waals surface area (Å²) >= 11 is 0. The molecule has 1 amide bonds. The van der Waals surface area contributed by atoms with Gasteiger partial charge in [0, 0.05) is 42.6 Å². The number of rotatable bonds is 9. The van der Waals surface area contributed by atoms with Crippen LogP contribution in [0.4, 0.5) is 16.2 Å². The topological polar surface area (TPSA) is 44.8 Å². The third kappa shape index (κ3) is 6.98. The second-order valence-corrected chi connectivity index (χ2v) is 14.1. The molecule has 44 heavy (non-hydrogen) atoms. The summed E-state index contributed by atoms with van der Waals surface area (Å²) in [5.41, 5.74) is 8.94. The van der Waals surface area contributed by atoms with E-state index < -0.39 is 5.60 Å². The summed E-state index contributed by atoms with van der Waals surface area (Å²) in [6.45, 7) is 21.1. The van der Waals surface area contributed by atoms with Crippen LogP contribution in [0.25, 0.3) is 0 Å². The van der Waals surface area contributed by atoms with Gasteiger partial charge in [0.1, 0.15) is 5.60 Å². The van der Waals surface area contributed by atoms with Crippen molar-refractivity contribution in [3.05, 3.63) is 107 Å². The van der Waals surface area contributed by atoms with Gasteiger partial charge in [-0.2, -0.15) is 0 Å². The van der Waals surface area contributed by atoms with Crippen LogP contribution in [-0.4, -0.2) is 36.7 Å². The Morgan fingerprint density at radius 2 is 1.68 bits per heavy atom. The van der Waals surface area contributed by atoms with Crippen molar-refractivity contribution in [2.45, 2.75) is 98.0 Å². The Bertz CT molecular complexity index is 1480. The number of amides is 1. The predicted molar refractivity (Wildman–Crippen MR) is 186 cm³/mol. The smallest absolute Gasteiger partial charge is 0.414 e. The Morgan fingerprint density at radius 3 is 2.36 bits per heavy atom. The lowest BCUT2D eigenvalue weighted by Gasteiger charge is -2.28. The van der Waals surface area contributed by atoms with E-state index in [0.717, 1.165) is 43.6 Å². The minimum atomic E-state index is -0.572. The molecule has 1 N–H and O–H groups in total. The van der Waals surface area contributed by atoms with Gasteiger partial charge in [0.15, 0.2) is 0 Å². The zero-order valence-corrected chi connectivity index (χ0v) is 28.7. The average molecular weight is 596 g/mol. The molecule has 4 rings (SSSR count). The molecule has 0 aromatic heterocycles. The van der Waals surface area contributed by atoms with E-state index in [0.29, 0.717) is 0 Å². The summed E-state index contributed by atoms with van der Waals surface area (Å²) in [4.78, 5) is 17.5. The van der Waals surface area contributed by atoms with E-state index >= 15 is 0 Å². The Labute approximate surface area is 266 Å². The summed E-state index contributed by atoms with van der Waals surface area (Å²) in [5.74, 6) is 0. The largest absolute Gasteiger partial charge is 0.443 e. The first kappa shape index (κ1) is 33.2. The van der Waals surface area contributed by atoms with E-state index in [2.05, 4.69) is 125 Å². The van der Waals surface area contributed by atoms with E-state index in [1.807, 2.05) is 27.8 Å². The first-order chi connectivity index (χ1) is 20.7. The normalized spacial score (nSPS) is 18.5. The molecule has 5 nitrogen and oxygen atoms in total. The van der Waals surface area contributed by atoms with E-state index in [4.69, 9.17) is 4.74 Å². The summed E-state index contributed by atoms with van der Waals surface area (Å²) in [5, 5.41) is 3.52. The Hall–Kier alpha value is -3.73. The molecule has 0 saturated carbocycles. The van der Waals surface area contributed by atoms with Crippen molar-refractivity contribution in [1.82, 2.24) is 4.90 Å². The van der Waals surface area contributed by atoms with Crippen LogP contribution >= 0.6 is 0 Å². The number of carbonyl (C=O) groups is 1. The number of ether oxygens (including phenoxy) is 1. The molecule has 0 saturated heterocycles. The van der Waals surface area contributed by atoms with Crippen LogP contribution in [0.5, 0.6) is 0 Å². The maximum absolute atomic E-state index is 13.4. The number of anilines is 2. The van der Waals surface area contributed by atoms with E-state index in [9.17, 15) is 4.79 Å². The number of benzene rings is 2. The highest BCUT2D eigenvalue weighted by Crippen LogP contribution is 2.47. The second kappa shape index (κ2) is 13.1. The fourth-order valence-corrected chi connectivity index (χ4v) is 6.57. The van der Waals surface area contributed by atoms with Crippen molar-refractivity contribution in [3.8, 4) is 0 Å². The Balaban J connectivity index is 1.70. The number of nitrogens with one attached hydrogen (secondary N) is 1. The zero-order valence-electron chi connectivity index (χ0n) is 28.7. The van der Waals surface area contributed by atoms with Gasteiger partial charge in [0.25, 0.3) is 0 Å². The lowest BCUT2D eigenvalue weighted by molar-refractivity contribution is 0.0356. The van der Waals surface area contributed by atoms with Gasteiger partial charge >= 0.3 is 6.09 Å². The van der Waals surface area contributed by atoms with E-state index in [-0.39, 0.29) is 16.9 Å². The molecule has 5 heteroatoms. The second-order valence-electron chi connectivity index (χ2n) is 14.1. The van der Waals surface area contributed by atoms with Crippen molar-refractivity contribution < 1.29 is 9.53 Å². The molecule has 0 fully saturated rings. The summed E-state index contributed by atoms with van der Waals surface area (Å²) < 4.78 is 5.82. The van der Waals surface area contributed by atoms with Crippen LogP contribution in [0.2, 0.25) is 0 Å². The van der Waals surface area contributed by atoms with Gasteiger partial charge in [-0.3, -0.25) is 4.90 Å². The average Bonchev–Trinajstić information content (AvgIpc) is 3.45. The van der Waals surface area contributed by atoms with Gasteiger partial charge < -0.3 is 15.0 Å². The highest BCUT2D eigenvalue weighted by molar-refractivity contribution is 5.73. The molecule has 236 valence electrons. The quantitative estimate of drug-likeness (QED) is 0.313. The van der Waals surface area contributed by atoms with E-state index in [1.54, 1.807) is 4.90 Å². The molecule has 1 aliphatic carbocycles. The van der Waals surface area contributed by atoms with Crippen LogP contribution in [0.1, 0.15) is 92.7 Å². The van der Waals surface area contributed by atoms with Gasteiger partial charge in [0.05, 0.1) is 5.70 Å². The number of likely N-dealkylation sites (N-methyl/N-ethyl adjacent to an activating group) is 2. The summed E-state index contributed by atoms with van der Waals surface area (Å²) in [7, 11) is 1.84. The van der Waals surface area contributed by atoms with Gasteiger partial charge in [-0.15, -0.1) is 0 Å². The van der Waals surface area contributed by atoms with Gasteiger partial charge in [-0.1, -0.05) is 82.3 Å². The fourth-order valence-electron chi connectivity index (χ4n) is 6.57. The van der Waals surface area contributed by atoms with Crippen LogP contribution in [0.3, 0.4) is 0 Å². The monoisotopic (exact) mass is 595 g/mol. The molecule has 0 spiro atoms. The number of nitrogens with zero attached hydrogens (tertiary/aromatic N) is 2. The van der Waals surface area contributed by atoms with Crippen molar-refractivity contribution in [2.75, 3.05) is 30.4 Å². The first-order valence-electron chi connectivity index (χ1n) is 16.2. The lowest BCUT2D eigenvalue weighted by atomic mass is 9.80. The molecule has 2 aromatic carbocycles. The van der Waals surface area contributed by atoms with Gasteiger partial charge in [0.2, 0.25) is 0 Å². The van der Waals surface area contributed by atoms with Crippen molar-refractivity contribution in [2.24, 2.45) is 0 Å². The SMILES string of the molecule is CCNc1ccccc1C(C)(C)C/C=C/C1=C(N(C)C(=O)OC(C)(C)C)C(=C/C=C2/N(CC)c3ccccc3C2(C)C)/CC1. The molecule has 0 bridgehead atoms. The molecule has 0 atom stereocenters. The lowest BCUT2D eigenvalue weighted by Crippen LogP contribution is -2.34. The van der Waals surface area contributed by atoms with Crippen molar-refractivity contribution in [3.63, 3.8) is 0 Å². The molecule has 2 aromatic rings. The minimum Gasteiger partial charge on any atom is -0.443 e. The van der Waals surface area contributed by atoms with E-state index in [1.165, 1.54) is 33.8 Å². The molecule has 1 aliphatic heterocycles. The molecular formula is C39H53N3O2. The van der Waals surface area contributed by atoms with Gasteiger partial charge in [-0.05, 0) is 99.8 Å². The molecule has 2 aliphatic rings. The number of fused-ring (bicyclic) bond motifs is 1. The third-order valence-corrected chi connectivity index (χ3v) is 8.80. The summed E-state index contributed by atoms with van der Waals surface area (Å²) in [6.07, 6.45) is 11.3. The predicted octanol–water partition coefficient (Wildman–Crippen LogP) is 9.89. The zero-order chi connectivity index (χ0) is 32.3. The molecule has 0 radical (unpaired) electrons. The highest BCUT2D eigenvalue weighted by atomic mass is 16.6. The number of allylic oxidation sites excluding steroid dienone is 7.